The van der Waals surface area contributed by atoms with Crippen molar-refractivity contribution < 1.29 is 4.39 Å². The number of nitrogens with zero attached hydrogens (tertiary/aromatic N) is 2. The second-order valence-corrected chi connectivity index (χ2v) is 4.77. The van der Waals surface area contributed by atoms with Crippen LogP contribution in [0.2, 0.25) is 0 Å². The summed E-state index contributed by atoms with van der Waals surface area (Å²) in [6, 6.07) is 4.96. The van der Waals surface area contributed by atoms with Gasteiger partial charge in [-0.15, -0.1) is 0 Å². The van der Waals surface area contributed by atoms with Crippen molar-refractivity contribution in [2.45, 2.75) is 33.2 Å². The predicted octanol–water partition coefficient (Wildman–Crippen LogP) is 3.19. The van der Waals surface area contributed by atoms with Gasteiger partial charge in [0.2, 0.25) is 5.95 Å². The Hall–Kier alpha value is -1.58. The van der Waals surface area contributed by atoms with Gasteiger partial charge in [-0.2, -0.15) is 0 Å². The molecule has 3 nitrogen and oxygen atoms in total. The van der Waals surface area contributed by atoms with Crippen molar-refractivity contribution in [1.29, 1.82) is 0 Å². The molecular formula is C13H18FN3. The van der Waals surface area contributed by atoms with Gasteiger partial charge in [-0.05, 0) is 30.9 Å². The Bertz CT molecular complexity index is 517. The highest BCUT2D eigenvalue weighted by molar-refractivity contribution is 5.78. The first-order chi connectivity index (χ1) is 8.09. The average Bonchev–Trinajstić information content (AvgIpc) is 2.57. The Morgan fingerprint density at radius 2 is 2.18 bits per heavy atom. The normalized spacial score (nSPS) is 11.5. The lowest BCUT2D eigenvalue weighted by Gasteiger charge is -2.07. The van der Waals surface area contributed by atoms with Crippen LogP contribution in [-0.2, 0) is 6.54 Å². The molecular weight excluding hydrogens is 217 g/mol. The maximum atomic E-state index is 13.5. The van der Waals surface area contributed by atoms with Crippen molar-refractivity contribution in [2.24, 2.45) is 5.92 Å². The van der Waals surface area contributed by atoms with Crippen LogP contribution in [0.15, 0.2) is 18.2 Å². The van der Waals surface area contributed by atoms with Crippen LogP contribution in [0.4, 0.5) is 10.3 Å². The van der Waals surface area contributed by atoms with Crippen LogP contribution in [0, 0.1) is 11.7 Å². The summed E-state index contributed by atoms with van der Waals surface area (Å²) in [6.07, 6.45) is 2.16. The third-order valence-corrected chi connectivity index (χ3v) is 2.92. The van der Waals surface area contributed by atoms with E-state index < -0.39 is 0 Å². The van der Waals surface area contributed by atoms with Crippen LogP contribution in [0.1, 0.15) is 26.7 Å². The molecule has 2 aromatic rings. The second kappa shape index (κ2) is 4.73. The molecule has 0 saturated heterocycles. The largest absolute Gasteiger partial charge is 0.369 e. The zero-order valence-electron chi connectivity index (χ0n) is 10.3. The minimum Gasteiger partial charge on any atom is -0.369 e. The van der Waals surface area contributed by atoms with Gasteiger partial charge in [0.1, 0.15) is 5.52 Å². The van der Waals surface area contributed by atoms with Crippen LogP contribution < -0.4 is 5.73 Å². The summed E-state index contributed by atoms with van der Waals surface area (Å²) in [5.41, 5.74) is 6.98. The molecule has 0 atom stereocenters. The van der Waals surface area contributed by atoms with Crippen LogP contribution >= 0.6 is 0 Å². The molecule has 2 rings (SSSR count). The lowest BCUT2D eigenvalue weighted by Crippen LogP contribution is -2.04. The standard InChI is InChI=1S/C13H18FN3/c1-9(2)5-4-8-17-11-7-3-6-10(14)12(11)16-13(17)15/h3,6-7,9H,4-5,8H2,1-2H3,(H2,15,16). The molecule has 0 fully saturated rings. The zero-order chi connectivity index (χ0) is 12.4. The molecule has 0 radical (unpaired) electrons. The monoisotopic (exact) mass is 235 g/mol. The quantitative estimate of drug-likeness (QED) is 0.884. The molecule has 0 aliphatic heterocycles. The van der Waals surface area contributed by atoms with E-state index in [1.807, 2.05) is 10.6 Å². The number of para-hydroxylation sites is 1. The van der Waals surface area contributed by atoms with Crippen molar-refractivity contribution in [3.63, 3.8) is 0 Å². The number of aromatic nitrogens is 2. The van der Waals surface area contributed by atoms with Crippen molar-refractivity contribution in [3.8, 4) is 0 Å². The molecule has 0 aliphatic carbocycles. The Morgan fingerprint density at radius 1 is 1.41 bits per heavy atom. The van der Waals surface area contributed by atoms with Gasteiger partial charge in [-0.25, -0.2) is 9.37 Å². The fourth-order valence-electron chi connectivity index (χ4n) is 2.02. The second-order valence-electron chi connectivity index (χ2n) is 4.77. The van der Waals surface area contributed by atoms with Gasteiger partial charge < -0.3 is 10.3 Å². The van der Waals surface area contributed by atoms with E-state index in [2.05, 4.69) is 18.8 Å². The summed E-state index contributed by atoms with van der Waals surface area (Å²) in [7, 11) is 0. The maximum absolute atomic E-state index is 13.5. The number of rotatable bonds is 4. The number of anilines is 1. The topological polar surface area (TPSA) is 43.8 Å². The lowest BCUT2D eigenvalue weighted by molar-refractivity contribution is 0.519. The van der Waals surface area contributed by atoms with Gasteiger partial charge in [0.15, 0.2) is 5.82 Å². The molecule has 0 spiro atoms. The third kappa shape index (κ3) is 2.40. The first-order valence-electron chi connectivity index (χ1n) is 6.00. The summed E-state index contributed by atoms with van der Waals surface area (Å²) < 4.78 is 15.4. The van der Waals surface area contributed by atoms with E-state index in [1.54, 1.807) is 6.07 Å². The molecule has 0 bridgehead atoms. The van der Waals surface area contributed by atoms with Crippen LogP contribution in [0.25, 0.3) is 11.0 Å². The van der Waals surface area contributed by atoms with E-state index >= 15 is 0 Å². The fraction of sp³-hybridized carbons (Fsp3) is 0.462. The highest BCUT2D eigenvalue weighted by atomic mass is 19.1. The maximum Gasteiger partial charge on any atom is 0.201 e. The fourth-order valence-corrected chi connectivity index (χ4v) is 2.02. The molecule has 17 heavy (non-hydrogen) atoms. The molecule has 4 heteroatoms. The number of hydrogen-bond acceptors (Lipinski definition) is 2. The number of aryl methyl sites for hydroxylation is 1. The number of benzene rings is 1. The van der Waals surface area contributed by atoms with Crippen LogP contribution in [-0.4, -0.2) is 9.55 Å². The molecule has 1 heterocycles. The van der Waals surface area contributed by atoms with E-state index in [0.717, 1.165) is 24.9 Å². The first-order valence-corrected chi connectivity index (χ1v) is 6.00. The van der Waals surface area contributed by atoms with E-state index in [9.17, 15) is 4.39 Å². The van der Waals surface area contributed by atoms with Gasteiger partial charge in [0, 0.05) is 6.54 Å². The Labute approximate surface area is 100 Å². The summed E-state index contributed by atoms with van der Waals surface area (Å²) in [5.74, 6) is 0.758. The predicted molar refractivity (Wildman–Crippen MR) is 68.2 cm³/mol. The Balaban J connectivity index is 2.27. The number of nitrogens with two attached hydrogens (primary N) is 1. The van der Waals surface area contributed by atoms with Crippen molar-refractivity contribution in [2.75, 3.05) is 5.73 Å². The summed E-state index contributed by atoms with van der Waals surface area (Å²) in [4.78, 5) is 4.08. The number of nitrogen functional groups attached to an aromatic ring is 1. The third-order valence-electron chi connectivity index (χ3n) is 2.92. The lowest BCUT2D eigenvalue weighted by atomic mass is 10.1. The number of imidazole rings is 1. The Kier molecular flexibility index (Phi) is 3.31. The SMILES string of the molecule is CC(C)CCCn1c(N)nc2c(F)cccc21. The molecule has 2 N–H and O–H groups in total. The smallest absolute Gasteiger partial charge is 0.201 e. The van der Waals surface area contributed by atoms with Gasteiger partial charge in [0.25, 0.3) is 0 Å². The van der Waals surface area contributed by atoms with Crippen LogP contribution in [0.5, 0.6) is 0 Å². The summed E-state index contributed by atoms with van der Waals surface area (Å²) in [5, 5.41) is 0. The molecule has 0 aliphatic rings. The summed E-state index contributed by atoms with van der Waals surface area (Å²) >= 11 is 0. The van der Waals surface area contributed by atoms with Crippen LogP contribution in [0.3, 0.4) is 0 Å². The molecule has 0 saturated carbocycles. The van der Waals surface area contributed by atoms with E-state index in [-0.39, 0.29) is 5.82 Å². The Morgan fingerprint density at radius 3 is 2.88 bits per heavy atom. The van der Waals surface area contributed by atoms with Crippen molar-refractivity contribution in [1.82, 2.24) is 9.55 Å². The summed E-state index contributed by atoms with van der Waals surface area (Å²) in [6.45, 7) is 5.17. The molecule has 1 aromatic carbocycles. The van der Waals surface area contributed by atoms with Crippen molar-refractivity contribution in [3.05, 3.63) is 24.0 Å². The van der Waals surface area contributed by atoms with Gasteiger partial charge in [-0.3, -0.25) is 0 Å². The van der Waals surface area contributed by atoms with Gasteiger partial charge in [0.05, 0.1) is 5.52 Å². The number of hydrogen-bond donors (Lipinski definition) is 1. The van der Waals surface area contributed by atoms with Crippen molar-refractivity contribution >= 4 is 17.0 Å². The van der Waals surface area contributed by atoms with Gasteiger partial charge >= 0.3 is 0 Å². The van der Waals surface area contributed by atoms with E-state index in [4.69, 9.17) is 5.73 Å². The average molecular weight is 235 g/mol. The molecule has 92 valence electrons. The highest BCUT2D eigenvalue weighted by Gasteiger charge is 2.10. The number of halogens is 1. The molecule has 1 aromatic heterocycles. The minimum atomic E-state index is -0.309. The first kappa shape index (κ1) is 11.9. The number of fused-ring (bicyclic) bond motifs is 1. The highest BCUT2D eigenvalue weighted by Crippen LogP contribution is 2.21. The minimum absolute atomic E-state index is 0.309. The molecule has 0 unspecified atom stereocenters. The van der Waals surface area contributed by atoms with Gasteiger partial charge in [-0.1, -0.05) is 19.9 Å². The zero-order valence-corrected chi connectivity index (χ0v) is 10.3. The van der Waals surface area contributed by atoms with E-state index in [1.165, 1.54) is 6.07 Å². The molecule has 0 amide bonds. The van der Waals surface area contributed by atoms with E-state index in [0.29, 0.717) is 17.4 Å².